The largest absolute Gasteiger partial charge is 0.478 e. The molecule has 0 saturated heterocycles. The number of aryl methyl sites for hydroxylation is 2. The van der Waals surface area contributed by atoms with Crippen molar-refractivity contribution in [3.8, 4) is 0 Å². The van der Waals surface area contributed by atoms with Gasteiger partial charge in [-0.2, -0.15) is 0 Å². The Morgan fingerprint density at radius 2 is 2.06 bits per heavy atom. The van der Waals surface area contributed by atoms with Crippen molar-refractivity contribution in [3.63, 3.8) is 0 Å². The third-order valence-electron chi connectivity index (χ3n) is 3.10. The van der Waals surface area contributed by atoms with Crippen molar-refractivity contribution in [1.82, 2.24) is 4.98 Å². The van der Waals surface area contributed by atoms with E-state index in [9.17, 15) is 9.90 Å². The third kappa shape index (κ3) is 2.80. The number of carbonyl (C=O) groups is 1. The minimum absolute atomic E-state index is 0.382. The van der Waals surface area contributed by atoms with E-state index in [1.165, 1.54) is 25.7 Å². The molecule has 3 nitrogen and oxygen atoms in total. The average Bonchev–Trinajstić information content (AvgIpc) is 2.68. The van der Waals surface area contributed by atoms with Crippen molar-refractivity contribution in [2.24, 2.45) is 0 Å². The number of carboxylic acids is 1. The normalized spacial score (nSPS) is 16.4. The van der Waals surface area contributed by atoms with Crippen LogP contribution in [0, 0.1) is 13.8 Å². The number of nitrogens with zero attached hydrogens (tertiary/aromatic N) is 1. The lowest BCUT2D eigenvalue weighted by Gasteiger charge is -2.13. The quantitative estimate of drug-likeness (QED) is 0.894. The first-order valence-corrected chi connectivity index (χ1v) is 6.84. The molecule has 0 amide bonds. The second-order valence-electron chi connectivity index (χ2n) is 4.55. The second kappa shape index (κ2) is 5.08. The highest BCUT2D eigenvalue weighted by atomic mass is 32.2. The molecular weight excluding hydrogens is 234 g/mol. The van der Waals surface area contributed by atoms with Gasteiger partial charge in [-0.3, -0.25) is 4.98 Å². The van der Waals surface area contributed by atoms with Crippen LogP contribution in [0.15, 0.2) is 11.0 Å². The molecule has 92 valence electrons. The molecule has 0 radical (unpaired) electrons. The lowest BCUT2D eigenvalue weighted by atomic mass is 10.2. The molecule has 1 N–H and O–H groups in total. The molecule has 17 heavy (non-hydrogen) atoms. The lowest BCUT2D eigenvalue weighted by Crippen LogP contribution is -2.07. The Morgan fingerprint density at radius 1 is 1.41 bits per heavy atom. The number of aromatic nitrogens is 1. The van der Waals surface area contributed by atoms with Crippen LogP contribution in [0.2, 0.25) is 0 Å². The summed E-state index contributed by atoms with van der Waals surface area (Å²) in [5.41, 5.74) is 1.90. The number of aromatic carboxylic acids is 1. The van der Waals surface area contributed by atoms with Crippen LogP contribution in [-0.4, -0.2) is 21.3 Å². The van der Waals surface area contributed by atoms with Gasteiger partial charge in [0, 0.05) is 15.8 Å². The molecule has 1 aliphatic rings. The summed E-state index contributed by atoms with van der Waals surface area (Å²) in [6, 6.07) is 1.90. The number of hydrogen-bond donors (Lipinski definition) is 1. The van der Waals surface area contributed by atoms with Crippen molar-refractivity contribution in [2.45, 2.75) is 49.7 Å². The predicted molar refractivity (Wildman–Crippen MR) is 68.8 cm³/mol. The third-order valence-corrected chi connectivity index (χ3v) is 4.48. The van der Waals surface area contributed by atoms with E-state index in [1.54, 1.807) is 18.7 Å². The second-order valence-corrected chi connectivity index (χ2v) is 5.89. The van der Waals surface area contributed by atoms with Crippen LogP contribution in [-0.2, 0) is 0 Å². The number of pyridine rings is 1. The summed E-state index contributed by atoms with van der Waals surface area (Å²) >= 11 is 1.71. The summed E-state index contributed by atoms with van der Waals surface area (Å²) in [6.07, 6.45) is 4.93. The topological polar surface area (TPSA) is 50.2 Å². The fourth-order valence-electron chi connectivity index (χ4n) is 2.33. The highest BCUT2D eigenvalue weighted by Crippen LogP contribution is 2.37. The Balaban J connectivity index is 2.32. The van der Waals surface area contributed by atoms with Gasteiger partial charge in [0.2, 0.25) is 0 Å². The van der Waals surface area contributed by atoms with Crippen LogP contribution in [0.25, 0.3) is 0 Å². The molecule has 1 fully saturated rings. The van der Waals surface area contributed by atoms with E-state index in [-0.39, 0.29) is 0 Å². The van der Waals surface area contributed by atoms with Gasteiger partial charge in [-0.05, 0) is 32.8 Å². The zero-order valence-electron chi connectivity index (χ0n) is 10.2. The molecule has 1 aliphatic carbocycles. The van der Waals surface area contributed by atoms with E-state index < -0.39 is 5.97 Å². The first kappa shape index (κ1) is 12.4. The SMILES string of the molecule is Cc1cc(SC2CCCC2)c(C(=O)O)c(C)n1. The molecule has 0 aromatic carbocycles. The maximum Gasteiger partial charge on any atom is 0.338 e. The Labute approximate surface area is 106 Å². The monoisotopic (exact) mass is 251 g/mol. The van der Waals surface area contributed by atoms with Crippen molar-refractivity contribution >= 4 is 17.7 Å². The fourth-order valence-corrected chi connectivity index (χ4v) is 3.85. The summed E-state index contributed by atoms with van der Waals surface area (Å²) in [5, 5.41) is 9.84. The maximum absolute atomic E-state index is 11.3. The highest BCUT2D eigenvalue weighted by molar-refractivity contribution is 8.00. The summed E-state index contributed by atoms with van der Waals surface area (Å²) in [4.78, 5) is 16.4. The van der Waals surface area contributed by atoms with Crippen molar-refractivity contribution in [1.29, 1.82) is 0 Å². The van der Waals surface area contributed by atoms with Gasteiger partial charge in [0.15, 0.2) is 0 Å². The van der Waals surface area contributed by atoms with Gasteiger partial charge < -0.3 is 5.11 Å². The summed E-state index contributed by atoms with van der Waals surface area (Å²) in [6.45, 7) is 3.69. The smallest absolute Gasteiger partial charge is 0.338 e. The fraction of sp³-hybridized carbons (Fsp3) is 0.538. The average molecular weight is 251 g/mol. The molecule has 2 rings (SSSR count). The summed E-state index contributed by atoms with van der Waals surface area (Å²) in [5.74, 6) is -0.865. The van der Waals surface area contributed by atoms with E-state index in [4.69, 9.17) is 0 Å². The lowest BCUT2D eigenvalue weighted by molar-refractivity contribution is 0.0691. The van der Waals surface area contributed by atoms with Gasteiger partial charge in [0.1, 0.15) is 0 Å². The van der Waals surface area contributed by atoms with E-state index in [0.29, 0.717) is 16.5 Å². The molecule has 1 aromatic heterocycles. The Kier molecular flexibility index (Phi) is 3.72. The molecule has 0 aliphatic heterocycles. The summed E-state index contributed by atoms with van der Waals surface area (Å²) in [7, 11) is 0. The molecular formula is C13H17NO2S. The maximum atomic E-state index is 11.3. The van der Waals surface area contributed by atoms with Crippen LogP contribution in [0.5, 0.6) is 0 Å². The zero-order chi connectivity index (χ0) is 12.4. The van der Waals surface area contributed by atoms with Crippen LogP contribution < -0.4 is 0 Å². The number of rotatable bonds is 3. The van der Waals surface area contributed by atoms with Gasteiger partial charge in [-0.25, -0.2) is 4.79 Å². The van der Waals surface area contributed by atoms with Crippen LogP contribution >= 0.6 is 11.8 Å². The Hall–Kier alpha value is -1.03. The van der Waals surface area contributed by atoms with Crippen molar-refractivity contribution < 1.29 is 9.90 Å². The zero-order valence-corrected chi connectivity index (χ0v) is 11.0. The first-order chi connectivity index (χ1) is 8.08. The molecule has 0 bridgehead atoms. The van der Waals surface area contributed by atoms with E-state index in [0.717, 1.165) is 10.6 Å². The minimum Gasteiger partial charge on any atom is -0.478 e. The standard InChI is InChI=1S/C13H17NO2S/c1-8-7-11(17-10-5-3-4-6-10)12(13(15)16)9(2)14-8/h7,10H,3-6H2,1-2H3,(H,15,16). The molecule has 1 saturated carbocycles. The predicted octanol–water partition coefficient (Wildman–Crippen LogP) is 3.43. The Bertz CT molecular complexity index is 439. The van der Waals surface area contributed by atoms with Crippen LogP contribution in [0.4, 0.5) is 0 Å². The van der Waals surface area contributed by atoms with Crippen LogP contribution in [0.1, 0.15) is 47.4 Å². The van der Waals surface area contributed by atoms with Gasteiger partial charge >= 0.3 is 5.97 Å². The van der Waals surface area contributed by atoms with Gasteiger partial charge in [0.05, 0.1) is 11.3 Å². The minimum atomic E-state index is -0.865. The number of carboxylic acid groups (broad SMARTS) is 1. The first-order valence-electron chi connectivity index (χ1n) is 5.96. The van der Waals surface area contributed by atoms with Gasteiger partial charge in [-0.15, -0.1) is 11.8 Å². The molecule has 0 unspecified atom stereocenters. The molecule has 0 atom stereocenters. The van der Waals surface area contributed by atoms with Crippen molar-refractivity contribution in [2.75, 3.05) is 0 Å². The molecule has 1 heterocycles. The summed E-state index contributed by atoms with van der Waals surface area (Å²) < 4.78 is 0. The molecule has 0 spiro atoms. The van der Waals surface area contributed by atoms with E-state index in [2.05, 4.69) is 4.98 Å². The van der Waals surface area contributed by atoms with Gasteiger partial charge in [-0.1, -0.05) is 12.8 Å². The number of thioether (sulfide) groups is 1. The van der Waals surface area contributed by atoms with Crippen LogP contribution in [0.3, 0.4) is 0 Å². The van der Waals surface area contributed by atoms with E-state index in [1.807, 2.05) is 13.0 Å². The Morgan fingerprint density at radius 3 is 2.65 bits per heavy atom. The molecule has 4 heteroatoms. The van der Waals surface area contributed by atoms with Crippen molar-refractivity contribution in [3.05, 3.63) is 23.0 Å². The van der Waals surface area contributed by atoms with Gasteiger partial charge in [0.25, 0.3) is 0 Å². The molecule has 1 aromatic rings. The highest BCUT2D eigenvalue weighted by Gasteiger charge is 2.21. The van der Waals surface area contributed by atoms with E-state index >= 15 is 0 Å². The number of hydrogen-bond acceptors (Lipinski definition) is 3.